The summed E-state index contributed by atoms with van der Waals surface area (Å²) in [7, 11) is -2.00. The lowest BCUT2D eigenvalue weighted by atomic mass is 10.2. The molecule has 1 N–H and O–H groups in total. The summed E-state index contributed by atoms with van der Waals surface area (Å²) in [5.41, 5.74) is 0.395. The highest BCUT2D eigenvalue weighted by Gasteiger charge is 2.19. The van der Waals surface area contributed by atoms with Gasteiger partial charge in [0.05, 0.1) is 16.0 Å². The van der Waals surface area contributed by atoms with E-state index in [2.05, 4.69) is 14.7 Å². The van der Waals surface area contributed by atoms with Crippen LogP contribution in [-0.4, -0.2) is 43.6 Å². The topological polar surface area (TPSA) is 91.7 Å². The molecule has 3 heterocycles. The Balaban J connectivity index is 1.52. The molecule has 0 aliphatic carbocycles. The highest BCUT2D eigenvalue weighted by atomic mass is 32.2. The van der Waals surface area contributed by atoms with Crippen LogP contribution in [0.4, 0.5) is 5.69 Å². The molecule has 3 aromatic rings. The van der Waals surface area contributed by atoms with Crippen molar-refractivity contribution >= 4 is 50.1 Å². The van der Waals surface area contributed by atoms with Crippen molar-refractivity contribution in [1.82, 2.24) is 9.88 Å². The number of thiazole rings is 1. The van der Waals surface area contributed by atoms with E-state index in [1.165, 1.54) is 29.7 Å². The number of sulfonamides is 1. The Kier molecular flexibility index (Phi) is 6.49. The van der Waals surface area contributed by atoms with Gasteiger partial charge in [-0.2, -0.15) is 8.42 Å². The molecule has 2 aromatic heterocycles. The van der Waals surface area contributed by atoms with Crippen molar-refractivity contribution in [3.63, 3.8) is 0 Å². The van der Waals surface area contributed by atoms with E-state index in [4.69, 9.17) is 0 Å². The van der Waals surface area contributed by atoms with E-state index in [1.807, 2.05) is 29.5 Å². The van der Waals surface area contributed by atoms with Gasteiger partial charge in [-0.25, -0.2) is 4.98 Å². The van der Waals surface area contributed by atoms with Gasteiger partial charge < -0.3 is 10.2 Å². The SMILES string of the molecule is CN1CCCCC/C1=N\S(=O)(=O)c1cccc(NC(=O)c2cnc(-c3cccs3)s2)c1. The van der Waals surface area contributed by atoms with Crippen LogP contribution in [0.2, 0.25) is 0 Å². The number of amides is 1. The number of nitrogens with zero attached hydrogens (tertiary/aromatic N) is 3. The summed E-state index contributed by atoms with van der Waals surface area (Å²) in [5.74, 6) is 0.252. The number of aromatic nitrogens is 1. The quantitative estimate of drug-likeness (QED) is 0.578. The Hall–Kier alpha value is -2.56. The smallest absolute Gasteiger partial charge is 0.284 e. The van der Waals surface area contributed by atoms with Crippen molar-refractivity contribution in [2.45, 2.75) is 30.6 Å². The molecule has 0 saturated carbocycles. The van der Waals surface area contributed by atoms with Gasteiger partial charge in [-0.1, -0.05) is 18.6 Å². The average Bonchev–Trinajstić information content (AvgIpc) is 3.41. The van der Waals surface area contributed by atoms with Crippen LogP contribution in [0.5, 0.6) is 0 Å². The third-order valence-corrected chi connectivity index (χ3v) is 8.25. The molecule has 1 fully saturated rings. The van der Waals surface area contributed by atoms with Gasteiger partial charge in [0, 0.05) is 25.7 Å². The fraction of sp³-hybridized carbons (Fsp3) is 0.286. The molecule has 0 spiro atoms. The van der Waals surface area contributed by atoms with Crippen molar-refractivity contribution in [1.29, 1.82) is 0 Å². The van der Waals surface area contributed by atoms with E-state index in [-0.39, 0.29) is 10.8 Å². The van der Waals surface area contributed by atoms with Crippen LogP contribution >= 0.6 is 22.7 Å². The molecule has 1 aliphatic heterocycles. The number of hydrogen-bond donors (Lipinski definition) is 1. The minimum absolute atomic E-state index is 0.0547. The molecular formula is C21H22N4O3S3. The third kappa shape index (κ3) is 5.20. The number of nitrogens with one attached hydrogen (secondary N) is 1. The van der Waals surface area contributed by atoms with E-state index in [9.17, 15) is 13.2 Å². The number of carbonyl (C=O) groups excluding carboxylic acids is 1. The Morgan fingerprint density at radius 3 is 2.87 bits per heavy atom. The molecule has 0 atom stereocenters. The number of thiophene rings is 1. The number of benzene rings is 1. The second-order valence-corrected chi connectivity index (χ2v) is 10.8. The van der Waals surface area contributed by atoms with E-state index in [1.54, 1.807) is 23.5 Å². The normalized spacial score (nSPS) is 16.3. The summed E-state index contributed by atoms with van der Waals surface area (Å²) < 4.78 is 29.8. The molecule has 1 amide bonds. The molecule has 10 heteroatoms. The molecule has 1 saturated heterocycles. The van der Waals surface area contributed by atoms with Crippen LogP contribution in [0.1, 0.15) is 35.4 Å². The van der Waals surface area contributed by atoms with Crippen molar-refractivity contribution in [2.24, 2.45) is 4.40 Å². The molecule has 0 unspecified atom stereocenters. The zero-order chi connectivity index (χ0) is 21.8. The summed E-state index contributed by atoms with van der Waals surface area (Å²) in [6.45, 7) is 0.798. The van der Waals surface area contributed by atoms with Crippen molar-refractivity contribution in [2.75, 3.05) is 18.9 Å². The first-order chi connectivity index (χ1) is 14.9. The maximum Gasteiger partial charge on any atom is 0.284 e. The van der Waals surface area contributed by atoms with E-state index in [0.29, 0.717) is 22.8 Å². The van der Waals surface area contributed by atoms with Crippen LogP contribution in [0, 0.1) is 0 Å². The number of hydrogen-bond acceptors (Lipinski definition) is 6. The average molecular weight is 475 g/mol. The number of rotatable bonds is 5. The highest BCUT2D eigenvalue weighted by Crippen LogP contribution is 2.29. The summed E-state index contributed by atoms with van der Waals surface area (Å²) in [6, 6.07) is 10.1. The first kappa shape index (κ1) is 21.7. The fourth-order valence-corrected chi connectivity index (χ4v) is 6.01. The highest BCUT2D eigenvalue weighted by molar-refractivity contribution is 7.90. The molecule has 7 nitrogen and oxygen atoms in total. The predicted octanol–water partition coefficient (Wildman–Crippen LogP) is 4.72. The Morgan fingerprint density at radius 2 is 2.06 bits per heavy atom. The Bertz CT molecular complexity index is 1200. The largest absolute Gasteiger partial charge is 0.362 e. The molecule has 0 bridgehead atoms. The van der Waals surface area contributed by atoms with Crippen LogP contribution < -0.4 is 5.32 Å². The summed E-state index contributed by atoms with van der Waals surface area (Å²) in [4.78, 5) is 20.4. The van der Waals surface area contributed by atoms with Crippen LogP contribution in [0.25, 0.3) is 9.88 Å². The molecule has 0 radical (unpaired) electrons. The Morgan fingerprint density at radius 1 is 1.19 bits per heavy atom. The lowest BCUT2D eigenvalue weighted by Gasteiger charge is -2.17. The van der Waals surface area contributed by atoms with Crippen LogP contribution in [0.15, 0.2) is 57.3 Å². The molecule has 1 aliphatic rings. The maximum atomic E-state index is 12.9. The summed E-state index contributed by atoms with van der Waals surface area (Å²) in [6.07, 6.45) is 5.20. The van der Waals surface area contributed by atoms with Gasteiger partial charge in [0.1, 0.15) is 15.7 Å². The van der Waals surface area contributed by atoms with Gasteiger partial charge in [-0.15, -0.1) is 27.1 Å². The van der Waals surface area contributed by atoms with Gasteiger partial charge in [0.2, 0.25) is 0 Å². The third-order valence-electron chi connectivity index (χ3n) is 4.91. The standard InChI is InChI=1S/C21H22N4O3S3/c1-25-11-4-2-3-10-19(25)24-31(27,28)16-8-5-7-15(13-16)23-20(26)18-14-22-21(30-18)17-9-6-12-29-17/h5-9,12-14H,2-4,10-11H2,1H3,(H,23,26)/b24-19+. The minimum atomic E-state index is -3.87. The second-order valence-electron chi connectivity index (χ2n) is 7.20. The van der Waals surface area contributed by atoms with E-state index >= 15 is 0 Å². The van der Waals surface area contributed by atoms with Gasteiger partial charge in [0.25, 0.3) is 15.9 Å². The zero-order valence-electron chi connectivity index (χ0n) is 16.9. The maximum absolute atomic E-state index is 12.9. The monoisotopic (exact) mass is 474 g/mol. The number of likely N-dealkylation sites (tertiary alicyclic amines) is 1. The number of anilines is 1. The first-order valence-corrected chi connectivity index (χ1v) is 13.0. The molecular weight excluding hydrogens is 452 g/mol. The lowest BCUT2D eigenvalue weighted by molar-refractivity contribution is 0.103. The summed E-state index contributed by atoms with van der Waals surface area (Å²) in [5, 5.41) is 5.50. The van der Waals surface area contributed by atoms with Crippen molar-refractivity contribution in [3.05, 3.63) is 52.9 Å². The van der Waals surface area contributed by atoms with Crippen LogP contribution in [0.3, 0.4) is 0 Å². The van der Waals surface area contributed by atoms with Gasteiger partial charge in [-0.3, -0.25) is 4.79 Å². The van der Waals surface area contributed by atoms with E-state index in [0.717, 1.165) is 35.7 Å². The van der Waals surface area contributed by atoms with Gasteiger partial charge in [-0.05, 0) is 42.5 Å². The lowest BCUT2D eigenvalue weighted by Crippen LogP contribution is -2.26. The second kappa shape index (κ2) is 9.29. The van der Waals surface area contributed by atoms with E-state index < -0.39 is 10.0 Å². The fourth-order valence-electron chi connectivity index (χ4n) is 3.26. The molecule has 31 heavy (non-hydrogen) atoms. The van der Waals surface area contributed by atoms with Crippen molar-refractivity contribution < 1.29 is 13.2 Å². The Labute approximate surface area is 189 Å². The van der Waals surface area contributed by atoms with Crippen molar-refractivity contribution in [3.8, 4) is 9.88 Å². The minimum Gasteiger partial charge on any atom is -0.362 e. The molecule has 4 rings (SSSR count). The van der Waals surface area contributed by atoms with Gasteiger partial charge in [0.15, 0.2) is 0 Å². The number of carbonyl (C=O) groups is 1. The zero-order valence-corrected chi connectivity index (χ0v) is 19.4. The number of amidine groups is 1. The first-order valence-electron chi connectivity index (χ1n) is 9.88. The van der Waals surface area contributed by atoms with Crippen LogP contribution in [-0.2, 0) is 10.0 Å². The predicted molar refractivity (Wildman–Crippen MR) is 126 cm³/mol. The van der Waals surface area contributed by atoms with Gasteiger partial charge >= 0.3 is 0 Å². The molecule has 1 aromatic carbocycles. The molecule has 162 valence electrons. The summed E-state index contributed by atoms with van der Waals surface area (Å²) >= 11 is 2.85.